The fraction of sp³-hybridized carbons (Fsp3) is 0.647. The predicted octanol–water partition coefficient (Wildman–Crippen LogP) is 2.67. The minimum absolute atomic E-state index is 0.00686. The van der Waals surface area contributed by atoms with E-state index in [0.29, 0.717) is 36.3 Å². The number of nitrogens with zero attached hydrogens (tertiary/aromatic N) is 3. The van der Waals surface area contributed by atoms with E-state index in [-0.39, 0.29) is 17.6 Å². The van der Waals surface area contributed by atoms with Crippen molar-refractivity contribution in [1.82, 2.24) is 20.3 Å². The Morgan fingerprint density at radius 1 is 1.44 bits per heavy atom. The second-order valence-corrected chi connectivity index (χ2v) is 8.33. The molecule has 0 amide bonds. The lowest BCUT2D eigenvalue weighted by atomic mass is 9.78. The zero-order chi connectivity index (χ0) is 19.4. The Balaban J connectivity index is 1.79. The van der Waals surface area contributed by atoms with Crippen LogP contribution < -0.4 is 5.32 Å². The molecule has 2 aliphatic heterocycles. The van der Waals surface area contributed by atoms with E-state index in [1.807, 2.05) is 13.1 Å². The van der Waals surface area contributed by atoms with Crippen molar-refractivity contribution in [3.8, 4) is 0 Å². The Labute approximate surface area is 158 Å². The fourth-order valence-corrected chi connectivity index (χ4v) is 5.72. The van der Waals surface area contributed by atoms with E-state index in [0.717, 1.165) is 17.0 Å². The van der Waals surface area contributed by atoms with E-state index < -0.39 is 23.3 Å². The molecule has 2 aromatic rings. The molecule has 2 N–H and O–H groups in total. The highest BCUT2D eigenvalue weighted by molar-refractivity contribution is 7.12. The molecule has 2 aliphatic rings. The van der Waals surface area contributed by atoms with Crippen LogP contribution in [-0.4, -0.2) is 32.7 Å². The molecule has 1 spiro atoms. The van der Waals surface area contributed by atoms with Crippen molar-refractivity contribution in [2.24, 2.45) is 7.05 Å². The summed E-state index contributed by atoms with van der Waals surface area (Å²) in [4.78, 5) is -0.102. The quantitative estimate of drug-likeness (QED) is 0.808. The van der Waals surface area contributed by atoms with Crippen LogP contribution >= 0.6 is 11.3 Å². The Morgan fingerprint density at radius 3 is 2.85 bits per heavy atom. The first-order chi connectivity index (χ1) is 12.7. The number of hydrogen-bond acceptors (Lipinski definition) is 6. The molecule has 3 unspecified atom stereocenters. The first kappa shape index (κ1) is 18.9. The number of halogens is 3. The third-order valence-electron chi connectivity index (χ3n) is 5.31. The normalized spacial score (nSPS) is 28.5. The van der Waals surface area contributed by atoms with E-state index in [4.69, 9.17) is 4.74 Å². The van der Waals surface area contributed by atoms with E-state index in [1.165, 1.54) is 0 Å². The highest BCUT2D eigenvalue weighted by Gasteiger charge is 2.49. The average molecular weight is 402 g/mol. The zero-order valence-electron chi connectivity index (χ0n) is 15.0. The van der Waals surface area contributed by atoms with Gasteiger partial charge in [0.05, 0.1) is 24.9 Å². The monoisotopic (exact) mass is 402 g/mol. The third-order valence-corrected chi connectivity index (χ3v) is 6.81. The molecular formula is C17H21F3N4O2S. The third kappa shape index (κ3) is 3.18. The number of rotatable bonds is 2. The van der Waals surface area contributed by atoms with Gasteiger partial charge in [-0.3, -0.25) is 4.68 Å². The maximum absolute atomic E-state index is 13.5. The van der Waals surface area contributed by atoms with Gasteiger partial charge in [0.2, 0.25) is 0 Å². The zero-order valence-corrected chi connectivity index (χ0v) is 15.8. The van der Waals surface area contributed by atoms with Crippen molar-refractivity contribution in [1.29, 1.82) is 0 Å². The molecule has 0 radical (unpaired) electrons. The predicted molar refractivity (Wildman–Crippen MR) is 92.2 cm³/mol. The van der Waals surface area contributed by atoms with Crippen LogP contribution in [0.5, 0.6) is 0 Å². The van der Waals surface area contributed by atoms with E-state index in [1.54, 1.807) is 11.7 Å². The van der Waals surface area contributed by atoms with Gasteiger partial charge in [0.25, 0.3) is 0 Å². The SMILES string of the molecule is CC1CC2(CC(c3cn(C)nn3)N1)OCCc1c2sc(C(F)(F)F)c1CO. The standard InChI is InChI=1S/C17H21F3N4O2S/c1-9-5-16(6-12(21-9)13-7-24(2)23-22-13)14-10(3-4-26-16)11(8-25)15(27-14)17(18,19)20/h7,9,12,21,25H,3-6,8H2,1-2H3. The van der Waals surface area contributed by atoms with Gasteiger partial charge in [-0.25, -0.2) is 0 Å². The molecule has 1 saturated heterocycles. The highest BCUT2D eigenvalue weighted by Crippen LogP contribution is 2.52. The molecular weight excluding hydrogens is 381 g/mol. The smallest absolute Gasteiger partial charge is 0.392 e. The highest BCUT2D eigenvalue weighted by atomic mass is 32.1. The van der Waals surface area contributed by atoms with Crippen LogP contribution in [0.4, 0.5) is 13.2 Å². The second kappa shape index (κ2) is 6.54. The summed E-state index contributed by atoms with van der Waals surface area (Å²) in [5, 5.41) is 21.2. The van der Waals surface area contributed by atoms with Gasteiger partial charge in [0, 0.05) is 36.1 Å². The summed E-state index contributed by atoms with van der Waals surface area (Å²) in [5.74, 6) is 0. The Kier molecular flexibility index (Phi) is 4.57. The Hall–Kier alpha value is -1.49. The van der Waals surface area contributed by atoms with Crippen LogP contribution in [0.2, 0.25) is 0 Å². The van der Waals surface area contributed by atoms with Gasteiger partial charge in [0.15, 0.2) is 0 Å². The molecule has 148 valence electrons. The first-order valence-electron chi connectivity index (χ1n) is 8.83. The van der Waals surface area contributed by atoms with Gasteiger partial charge >= 0.3 is 6.18 Å². The van der Waals surface area contributed by atoms with Crippen LogP contribution in [0, 0.1) is 0 Å². The number of aliphatic hydroxyl groups is 1. The molecule has 0 bridgehead atoms. The summed E-state index contributed by atoms with van der Waals surface area (Å²) in [5.41, 5.74) is 0.549. The second-order valence-electron chi connectivity index (χ2n) is 7.31. The molecule has 0 saturated carbocycles. The van der Waals surface area contributed by atoms with Gasteiger partial charge in [0.1, 0.15) is 10.5 Å². The number of piperidine rings is 1. The summed E-state index contributed by atoms with van der Waals surface area (Å²) in [6, 6.07) is -0.131. The Bertz CT molecular complexity index is 850. The summed E-state index contributed by atoms with van der Waals surface area (Å²) in [7, 11) is 1.77. The van der Waals surface area contributed by atoms with Crippen LogP contribution in [0.1, 0.15) is 52.4 Å². The topological polar surface area (TPSA) is 72.2 Å². The van der Waals surface area contributed by atoms with Gasteiger partial charge in [-0.1, -0.05) is 5.21 Å². The van der Waals surface area contributed by atoms with Crippen LogP contribution in [-0.2, 0) is 36.6 Å². The van der Waals surface area contributed by atoms with Crippen LogP contribution in [0.25, 0.3) is 0 Å². The molecule has 2 aromatic heterocycles. The van der Waals surface area contributed by atoms with Crippen molar-refractivity contribution in [2.45, 2.75) is 56.7 Å². The lowest BCUT2D eigenvalue weighted by molar-refractivity contribution is -0.135. The number of thiophene rings is 1. The number of ether oxygens (including phenoxy) is 1. The van der Waals surface area contributed by atoms with Gasteiger partial charge in [-0.15, -0.1) is 16.4 Å². The van der Waals surface area contributed by atoms with Gasteiger partial charge < -0.3 is 15.2 Å². The van der Waals surface area contributed by atoms with Crippen molar-refractivity contribution in [2.75, 3.05) is 6.61 Å². The molecule has 6 nitrogen and oxygen atoms in total. The maximum Gasteiger partial charge on any atom is 0.425 e. The van der Waals surface area contributed by atoms with Crippen LogP contribution in [0.15, 0.2) is 6.20 Å². The summed E-state index contributed by atoms with van der Waals surface area (Å²) in [6.45, 7) is 1.72. The minimum Gasteiger partial charge on any atom is -0.392 e. The molecule has 0 aliphatic carbocycles. The fourth-order valence-electron chi connectivity index (χ4n) is 4.33. The summed E-state index contributed by atoms with van der Waals surface area (Å²) >= 11 is 0.724. The maximum atomic E-state index is 13.5. The van der Waals surface area contributed by atoms with Gasteiger partial charge in [-0.05, 0) is 25.3 Å². The lowest BCUT2D eigenvalue weighted by Crippen LogP contribution is -2.49. The molecule has 4 heterocycles. The number of aromatic nitrogens is 3. The average Bonchev–Trinajstić information content (AvgIpc) is 3.18. The molecule has 10 heteroatoms. The molecule has 0 aromatic carbocycles. The lowest BCUT2D eigenvalue weighted by Gasteiger charge is -2.45. The van der Waals surface area contributed by atoms with Crippen molar-refractivity contribution in [3.63, 3.8) is 0 Å². The summed E-state index contributed by atoms with van der Waals surface area (Å²) in [6.07, 6.45) is -1.24. The van der Waals surface area contributed by atoms with Crippen LogP contribution in [0.3, 0.4) is 0 Å². The molecule has 1 fully saturated rings. The molecule has 27 heavy (non-hydrogen) atoms. The largest absolute Gasteiger partial charge is 0.425 e. The number of aryl methyl sites for hydroxylation is 1. The van der Waals surface area contributed by atoms with E-state index >= 15 is 0 Å². The summed E-state index contributed by atoms with van der Waals surface area (Å²) < 4.78 is 48.3. The number of hydrogen-bond donors (Lipinski definition) is 2. The van der Waals surface area contributed by atoms with Crippen molar-refractivity contribution >= 4 is 11.3 Å². The van der Waals surface area contributed by atoms with E-state index in [2.05, 4.69) is 15.6 Å². The first-order valence-corrected chi connectivity index (χ1v) is 9.64. The Morgan fingerprint density at radius 2 is 2.22 bits per heavy atom. The molecule has 4 rings (SSSR count). The molecule has 3 atom stereocenters. The number of alkyl halides is 3. The number of fused-ring (bicyclic) bond motifs is 2. The van der Waals surface area contributed by atoms with Gasteiger partial charge in [-0.2, -0.15) is 13.2 Å². The van der Waals surface area contributed by atoms with Crippen molar-refractivity contribution < 1.29 is 23.0 Å². The van der Waals surface area contributed by atoms with Crippen molar-refractivity contribution in [3.05, 3.63) is 32.8 Å². The number of aliphatic hydroxyl groups excluding tert-OH is 1. The van der Waals surface area contributed by atoms with E-state index in [9.17, 15) is 18.3 Å². The number of nitrogens with one attached hydrogen (secondary N) is 1. The minimum atomic E-state index is -4.48.